The molecule has 8 atom stereocenters. The molecule has 4 N–H and O–H groups in total. The van der Waals surface area contributed by atoms with Crippen LogP contribution in [0.3, 0.4) is 0 Å². The van der Waals surface area contributed by atoms with E-state index in [0.717, 1.165) is 0 Å². The van der Waals surface area contributed by atoms with Gasteiger partial charge in [0.2, 0.25) is 0 Å². The molecule has 1 aliphatic heterocycles. The van der Waals surface area contributed by atoms with Gasteiger partial charge in [-0.25, -0.2) is 4.79 Å². The van der Waals surface area contributed by atoms with Crippen molar-refractivity contribution in [2.45, 2.75) is 89.0 Å². The Balaban J connectivity index is 2.31. The van der Waals surface area contributed by atoms with Crippen molar-refractivity contribution < 1.29 is 34.4 Å². The Morgan fingerprint density at radius 2 is 1.87 bits per heavy atom. The molecule has 8 nitrogen and oxygen atoms in total. The summed E-state index contributed by atoms with van der Waals surface area (Å²) in [6, 6.07) is 0. The van der Waals surface area contributed by atoms with E-state index in [-0.39, 0.29) is 6.42 Å². The molecule has 0 bridgehead atoms. The van der Waals surface area contributed by atoms with Crippen molar-refractivity contribution in [3.63, 3.8) is 0 Å². The maximum atomic E-state index is 13.6. The fourth-order valence-electron chi connectivity index (χ4n) is 6.65. The summed E-state index contributed by atoms with van der Waals surface area (Å²) in [5.74, 6) is -1.26. The molecule has 2 aliphatic carbocycles. The van der Waals surface area contributed by atoms with Gasteiger partial charge in [-0.15, -0.1) is 6.58 Å². The lowest BCUT2D eigenvalue weighted by Gasteiger charge is -2.71. The molecule has 170 valence electrons. The van der Waals surface area contributed by atoms with Gasteiger partial charge in [0.1, 0.15) is 5.60 Å². The number of nitrogens with one attached hydrogen (secondary N) is 1. The van der Waals surface area contributed by atoms with E-state index < -0.39 is 63.7 Å². The molecule has 8 heteroatoms. The molecule has 0 unspecified atom stereocenters. The Morgan fingerprint density at radius 3 is 2.40 bits per heavy atom. The first kappa shape index (κ1) is 23.2. The summed E-state index contributed by atoms with van der Waals surface area (Å²) in [6.45, 7) is 12.4. The molecular formula is C22H35NO7. The van der Waals surface area contributed by atoms with Crippen LogP contribution in [0.15, 0.2) is 12.7 Å². The van der Waals surface area contributed by atoms with E-state index in [2.05, 4.69) is 11.9 Å². The largest absolute Gasteiger partial charge is 0.440 e. The van der Waals surface area contributed by atoms with Crippen molar-refractivity contribution in [3.05, 3.63) is 12.7 Å². The van der Waals surface area contributed by atoms with E-state index in [1.807, 2.05) is 13.8 Å². The van der Waals surface area contributed by atoms with Crippen LogP contribution in [0.5, 0.6) is 0 Å². The minimum atomic E-state index is -2.21. The summed E-state index contributed by atoms with van der Waals surface area (Å²) >= 11 is 0. The average molecular weight is 426 g/mol. The SMILES string of the molecule is C=C[C@@]1(C)CC(=O)[C@]2(O)[C@@]3(C)[C@@H](O)CCC(C)(C)[C@@H]3[C@H](O)[C@H](OC(=O)NC)[C@@]2(C)O1. The smallest absolute Gasteiger partial charge is 0.407 e. The van der Waals surface area contributed by atoms with Gasteiger partial charge in [-0.3, -0.25) is 4.79 Å². The predicted molar refractivity (Wildman–Crippen MR) is 109 cm³/mol. The van der Waals surface area contributed by atoms with Crippen LogP contribution < -0.4 is 5.32 Å². The molecule has 30 heavy (non-hydrogen) atoms. The van der Waals surface area contributed by atoms with Crippen molar-refractivity contribution in [1.82, 2.24) is 5.32 Å². The third-order valence-corrected chi connectivity index (χ3v) is 8.17. The number of aliphatic hydroxyl groups is 3. The fraction of sp³-hybridized carbons (Fsp3) is 0.818. The second-order valence-electron chi connectivity index (χ2n) is 10.4. The molecule has 0 spiro atoms. The van der Waals surface area contributed by atoms with E-state index in [0.29, 0.717) is 12.8 Å². The van der Waals surface area contributed by atoms with Gasteiger partial charge in [-0.2, -0.15) is 0 Å². The molecule has 2 saturated carbocycles. The molecule has 0 aromatic carbocycles. The van der Waals surface area contributed by atoms with Crippen molar-refractivity contribution in [1.29, 1.82) is 0 Å². The third-order valence-electron chi connectivity index (χ3n) is 8.17. The summed E-state index contributed by atoms with van der Waals surface area (Å²) in [7, 11) is 1.38. The Labute approximate surface area is 177 Å². The van der Waals surface area contributed by atoms with Crippen LogP contribution in [0.2, 0.25) is 0 Å². The van der Waals surface area contributed by atoms with Gasteiger partial charge in [-0.05, 0) is 32.1 Å². The van der Waals surface area contributed by atoms with E-state index in [9.17, 15) is 24.9 Å². The van der Waals surface area contributed by atoms with E-state index in [4.69, 9.17) is 9.47 Å². The molecular weight excluding hydrogens is 390 g/mol. The predicted octanol–water partition coefficient (Wildman–Crippen LogP) is 1.31. The number of rotatable bonds is 2. The summed E-state index contributed by atoms with van der Waals surface area (Å²) in [6.07, 6.45) is -2.27. The van der Waals surface area contributed by atoms with Crippen LogP contribution in [-0.4, -0.2) is 69.4 Å². The maximum absolute atomic E-state index is 13.6. The standard InChI is InChI=1S/C22H35NO7/c1-8-19(4)11-13(25)22(28)20(5)12(24)9-10-18(2,3)15(20)14(26)16(21(22,6)30-19)29-17(27)23-7/h8,12,14-16,24,26,28H,1,9-11H2,2-7H3,(H,23,27)/t12-,14-,15-,16-,19-,20-,21+,22-/m0/s1. The molecule has 1 heterocycles. The Kier molecular flexibility index (Phi) is 5.22. The van der Waals surface area contributed by atoms with Gasteiger partial charge >= 0.3 is 6.09 Å². The number of alkyl carbamates (subject to hydrolysis) is 1. The minimum absolute atomic E-state index is 0.152. The topological polar surface area (TPSA) is 125 Å². The lowest BCUT2D eigenvalue weighted by molar-refractivity contribution is -0.369. The fourth-order valence-corrected chi connectivity index (χ4v) is 6.65. The number of ether oxygens (including phenoxy) is 2. The molecule has 0 aromatic heterocycles. The number of carbonyl (C=O) groups excluding carboxylic acids is 2. The Hall–Kier alpha value is -1.48. The Bertz CT molecular complexity index is 769. The zero-order valence-corrected chi connectivity index (χ0v) is 18.7. The summed E-state index contributed by atoms with van der Waals surface area (Å²) in [5, 5.41) is 37.2. The maximum Gasteiger partial charge on any atom is 0.407 e. The highest BCUT2D eigenvalue weighted by Gasteiger charge is 2.81. The third kappa shape index (κ3) is 2.66. The summed E-state index contributed by atoms with van der Waals surface area (Å²) in [4.78, 5) is 25.8. The molecule has 3 aliphatic rings. The lowest BCUT2D eigenvalue weighted by atomic mass is 9.40. The van der Waals surface area contributed by atoms with Crippen molar-refractivity contribution in [2.75, 3.05) is 7.05 Å². The molecule has 3 fully saturated rings. The van der Waals surface area contributed by atoms with Gasteiger partial charge in [0.25, 0.3) is 0 Å². The number of aliphatic hydroxyl groups excluding tert-OH is 2. The minimum Gasteiger partial charge on any atom is -0.440 e. The number of ketones is 1. The van der Waals surface area contributed by atoms with Crippen LogP contribution in [0.4, 0.5) is 4.79 Å². The van der Waals surface area contributed by atoms with Gasteiger partial charge in [0.05, 0.1) is 17.8 Å². The number of hydrogen-bond acceptors (Lipinski definition) is 7. The first-order valence-corrected chi connectivity index (χ1v) is 10.5. The number of amides is 1. The van der Waals surface area contributed by atoms with Gasteiger partial charge in [-0.1, -0.05) is 26.8 Å². The zero-order valence-electron chi connectivity index (χ0n) is 18.7. The normalized spacial score (nSPS) is 50.1. The van der Waals surface area contributed by atoms with Crippen molar-refractivity contribution >= 4 is 11.9 Å². The lowest BCUT2D eigenvalue weighted by Crippen LogP contribution is -2.86. The highest BCUT2D eigenvalue weighted by molar-refractivity contribution is 5.92. The number of carbonyl (C=O) groups is 2. The number of fused-ring (bicyclic) bond motifs is 3. The summed E-state index contributed by atoms with van der Waals surface area (Å²) in [5.41, 5.74) is -7.14. The zero-order chi connectivity index (χ0) is 22.9. The average Bonchev–Trinajstić information content (AvgIpc) is 2.65. The highest BCUT2D eigenvalue weighted by atomic mass is 16.6. The van der Waals surface area contributed by atoms with Gasteiger partial charge < -0.3 is 30.1 Å². The number of Topliss-reactive ketones (excluding diaryl/α,β-unsaturated/α-hetero) is 1. The first-order valence-electron chi connectivity index (χ1n) is 10.5. The van der Waals surface area contributed by atoms with Gasteiger partial charge in [0.15, 0.2) is 17.5 Å². The highest BCUT2D eigenvalue weighted by Crippen LogP contribution is 2.66. The van der Waals surface area contributed by atoms with Crippen LogP contribution in [0.25, 0.3) is 0 Å². The van der Waals surface area contributed by atoms with Crippen LogP contribution in [-0.2, 0) is 14.3 Å². The monoisotopic (exact) mass is 425 g/mol. The second-order valence-corrected chi connectivity index (χ2v) is 10.4. The first-order chi connectivity index (χ1) is 13.6. The van der Waals surface area contributed by atoms with Gasteiger partial charge in [0, 0.05) is 24.8 Å². The van der Waals surface area contributed by atoms with E-state index in [1.165, 1.54) is 20.0 Å². The van der Waals surface area contributed by atoms with Crippen molar-refractivity contribution in [2.24, 2.45) is 16.7 Å². The molecule has 1 saturated heterocycles. The second kappa shape index (κ2) is 6.76. The number of hydrogen-bond donors (Lipinski definition) is 4. The van der Waals surface area contributed by atoms with E-state index >= 15 is 0 Å². The van der Waals surface area contributed by atoms with Crippen LogP contribution in [0, 0.1) is 16.7 Å². The summed E-state index contributed by atoms with van der Waals surface area (Å²) < 4.78 is 11.8. The van der Waals surface area contributed by atoms with Crippen LogP contribution >= 0.6 is 0 Å². The quantitative estimate of drug-likeness (QED) is 0.492. The molecule has 1 amide bonds. The van der Waals surface area contributed by atoms with Crippen LogP contribution in [0.1, 0.15) is 53.9 Å². The molecule has 3 rings (SSSR count). The molecule has 0 radical (unpaired) electrons. The van der Waals surface area contributed by atoms with Crippen molar-refractivity contribution in [3.8, 4) is 0 Å². The molecule has 0 aromatic rings. The Morgan fingerprint density at radius 1 is 1.27 bits per heavy atom. The van der Waals surface area contributed by atoms with E-state index in [1.54, 1.807) is 13.8 Å².